The first kappa shape index (κ1) is 28.2. The summed E-state index contributed by atoms with van der Waals surface area (Å²) < 4.78 is 27.2. The summed E-state index contributed by atoms with van der Waals surface area (Å²) in [4.78, 5) is 28.5. The summed E-state index contributed by atoms with van der Waals surface area (Å²) >= 11 is 1.42. The fourth-order valence-corrected chi connectivity index (χ4v) is 6.33. The molecule has 40 heavy (non-hydrogen) atoms. The van der Waals surface area contributed by atoms with Gasteiger partial charge in [-0.1, -0.05) is 32.9 Å². The van der Waals surface area contributed by atoms with E-state index in [1.165, 1.54) is 28.8 Å². The molecule has 3 aromatic rings. The van der Waals surface area contributed by atoms with Crippen molar-refractivity contribution in [2.75, 3.05) is 37.5 Å². The Labute approximate surface area is 238 Å². The van der Waals surface area contributed by atoms with Gasteiger partial charge in [-0.3, -0.25) is 14.5 Å². The zero-order chi connectivity index (χ0) is 28.4. The highest BCUT2D eigenvalue weighted by molar-refractivity contribution is 8.00. The molecule has 2 amide bonds. The number of methoxy groups -OCH3 is 1. The van der Waals surface area contributed by atoms with Gasteiger partial charge in [-0.15, -0.1) is 11.8 Å². The van der Waals surface area contributed by atoms with E-state index in [0.717, 1.165) is 35.3 Å². The molecule has 8 nitrogen and oxygen atoms in total. The Bertz CT molecular complexity index is 1380. The number of halogens is 1. The fraction of sp³-hybridized carbons (Fsp3) is 0.433. The number of nitrogens with zero attached hydrogens (tertiary/aromatic N) is 3. The number of benzene rings is 2. The highest BCUT2D eigenvalue weighted by Gasteiger charge is 2.40. The van der Waals surface area contributed by atoms with Crippen molar-refractivity contribution in [2.24, 2.45) is 0 Å². The molecule has 1 aromatic heterocycles. The number of thioether (sulfide) groups is 1. The Morgan fingerprint density at radius 1 is 1.23 bits per heavy atom. The minimum Gasteiger partial charge on any atom is -0.497 e. The van der Waals surface area contributed by atoms with Crippen molar-refractivity contribution in [3.63, 3.8) is 0 Å². The van der Waals surface area contributed by atoms with Crippen LogP contribution in [0.1, 0.15) is 55.7 Å². The van der Waals surface area contributed by atoms with Crippen LogP contribution in [0.3, 0.4) is 0 Å². The van der Waals surface area contributed by atoms with E-state index < -0.39 is 5.41 Å². The highest BCUT2D eigenvalue weighted by Crippen LogP contribution is 2.48. The molecule has 10 heteroatoms. The molecular weight excluding hydrogens is 531 g/mol. The molecule has 1 saturated heterocycles. The predicted octanol–water partition coefficient (Wildman–Crippen LogP) is 4.78. The molecule has 0 saturated carbocycles. The zero-order valence-corrected chi connectivity index (χ0v) is 24.1. The number of carbonyl (C=O) groups is 2. The SMILES string of the molecule is COc1ccc(-n2nc(C(C)(C)C)c3c2N(CC(=O)NCC2CCCO2)C(=O)CSC3c2cccc(F)c2)cc1. The maximum Gasteiger partial charge on any atom is 0.240 e. The average molecular weight is 567 g/mol. The van der Waals surface area contributed by atoms with Crippen molar-refractivity contribution in [3.05, 3.63) is 71.2 Å². The minimum atomic E-state index is -0.408. The van der Waals surface area contributed by atoms with Gasteiger partial charge in [-0.25, -0.2) is 9.07 Å². The quantitative estimate of drug-likeness (QED) is 0.443. The van der Waals surface area contributed by atoms with Crippen LogP contribution in [-0.2, 0) is 19.7 Å². The van der Waals surface area contributed by atoms with Crippen LogP contribution in [0.2, 0.25) is 0 Å². The van der Waals surface area contributed by atoms with Gasteiger partial charge >= 0.3 is 0 Å². The van der Waals surface area contributed by atoms with Crippen LogP contribution >= 0.6 is 11.8 Å². The second kappa shape index (κ2) is 11.6. The van der Waals surface area contributed by atoms with Gasteiger partial charge in [0.1, 0.15) is 23.9 Å². The van der Waals surface area contributed by atoms with E-state index in [1.807, 2.05) is 30.3 Å². The largest absolute Gasteiger partial charge is 0.497 e. The van der Waals surface area contributed by atoms with Gasteiger partial charge in [0.05, 0.1) is 35.6 Å². The molecule has 1 fully saturated rings. The van der Waals surface area contributed by atoms with E-state index in [1.54, 1.807) is 17.9 Å². The molecule has 3 heterocycles. The summed E-state index contributed by atoms with van der Waals surface area (Å²) in [6.07, 6.45) is 1.87. The number of aromatic nitrogens is 2. The number of ether oxygens (including phenoxy) is 2. The molecule has 1 N–H and O–H groups in total. The lowest BCUT2D eigenvalue weighted by Gasteiger charge is -2.25. The van der Waals surface area contributed by atoms with E-state index >= 15 is 0 Å². The standard InChI is InChI=1S/C30H35FN4O4S/c1-30(2,3)28-26-27(19-7-5-8-20(31)15-19)40-18-25(37)34(17-24(36)32-16-23-9-6-14-39-23)29(26)35(33-28)21-10-12-22(38-4)13-11-21/h5,7-8,10-13,15,23,27H,6,9,14,16-18H2,1-4H3,(H,32,36). The van der Waals surface area contributed by atoms with Crippen LogP contribution in [0.25, 0.3) is 5.69 Å². The Hall–Kier alpha value is -3.37. The third kappa shape index (κ3) is 5.88. The number of carbonyl (C=O) groups excluding carboxylic acids is 2. The first-order valence-corrected chi connectivity index (χ1v) is 14.5. The molecular formula is C30H35FN4O4S. The molecule has 2 aliphatic rings. The van der Waals surface area contributed by atoms with Gasteiger partial charge < -0.3 is 14.8 Å². The lowest BCUT2D eigenvalue weighted by atomic mass is 9.87. The average Bonchev–Trinajstić information content (AvgIpc) is 3.56. The molecule has 5 rings (SSSR count). The van der Waals surface area contributed by atoms with Crippen LogP contribution in [0.4, 0.5) is 10.2 Å². The van der Waals surface area contributed by atoms with Crippen LogP contribution in [0, 0.1) is 5.82 Å². The molecule has 2 aliphatic heterocycles. The number of rotatable bonds is 7. The van der Waals surface area contributed by atoms with Gasteiger partial charge in [-0.2, -0.15) is 5.10 Å². The summed E-state index contributed by atoms with van der Waals surface area (Å²) in [7, 11) is 1.60. The molecule has 0 radical (unpaired) electrons. The Morgan fingerprint density at radius 3 is 2.65 bits per heavy atom. The molecule has 2 atom stereocenters. The summed E-state index contributed by atoms with van der Waals surface area (Å²) in [5.74, 6) is 0.497. The van der Waals surface area contributed by atoms with E-state index in [4.69, 9.17) is 14.6 Å². The van der Waals surface area contributed by atoms with E-state index in [0.29, 0.717) is 24.7 Å². The van der Waals surface area contributed by atoms with Gasteiger partial charge in [0.15, 0.2) is 0 Å². The number of hydrogen-bond donors (Lipinski definition) is 1. The lowest BCUT2D eigenvalue weighted by Crippen LogP contribution is -2.44. The molecule has 0 aliphatic carbocycles. The van der Waals surface area contributed by atoms with Crippen LogP contribution < -0.4 is 15.0 Å². The summed E-state index contributed by atoms with van der Waals surface area (Å²) in [6, 6.07) is 13.9. The number of amides is 2. The van der Waals surface area contributed by atoms with Gasteiger partial charge in [0.2, 0.25) is 11.8 Å². The van der Waals surface area contributed by atoms with Crippen molar-refractivity contribution < 1.29 is 23.5 Å². The first-order valence-electron chi connectivity index (χ1n) is 13.5. The maximum atomic E-state index is 14.4. The normalized spacial score (nSPS) is 19.3. The topological polar surface area (TPSA) is 85.7 Å². The predicted molar refractivity (Wildman–Crippen MR) is 154 cm³/mol. The molecule has 212 valence electrons. The minimum absolute atomic E-state index is 0.00965. The Balaban J connectivity index is 1.65. The van der Waals surface area contributed by atoms with E-state index in [-0.39, 0.29) is 41.3 Å². The number of hydrogen-bond acceptors (Lipinski definition) is 6. The summed E-state index contributed by atoms with van der Waals surface area (Å²) in [5.41, 5.74) is 2.63. The number of anilines is 1. The van der Waals surface area contributed by atoms with Crippen molar-refractivity contribution in [2.45, 2.75) is 50.4 Å². The van der Waals surface area contributed by atoms with Gasteiger partial charge in [0, 0.05) is 24.1 Å². The number of nitrogens with one attached hydrogen (secondary N) is 1. The number of fused-ring (bicyclic) bond motifs is 1. The Kier molecular flexibility index (Phi) is 8.19. The van der Waals surface area contributed by atoms with E-state index in [2.05, 4.69) is 26.1 Å². The van der Waals surface area contributed by atoms with Gasteiger partial charge in [-0.05, 0) is 54.8 Å². The Morgan fingerprint density at radius 2 is 2.00 bits per heavy atom. The lowest BCUT2D eigenvalue weighted by molar-refractivity contribution is -0.123. The third-order valence-corrected chi connectivity index (χ3v) is 8.38. The van der Waals surface area contributed by atoms with Crippen molar-refractivity contribution in [1.29, 1.82) is 0 Å². The van der Waals surface area contributed by atoms with Crippen LogP contribution in [-0.4, -0.2) is 60.3 Å². The van der Waals surface area contributed by atoms with Crippen molar-refractivity contribution >= 4 is 29.4 Å². The molecule has 0 bridgehead atoms. The first-order chi connectivity index (χ1) is 19.2. The zero-order valence-electron chi connectivity index (χ0n) is 23.3. The van der Waals surface area contributed by atoms with Crippen LogP contribution in [0.15, 0.2) is 48.5 Å². The van der Waals surface area contributed by atoms with Crippen LogP contribution in [0.5, 0.6) is 5.75 Å². The van der Waals surface area contributed by atoms with E-state index in [9.17, 15) is 14.0 Å². The maximum absolute atomic E-state index is 14.4. The molecule has 2 aromatic carbocycles. The summed E-state index contributed by atoms with van der Waals surface area (Å²) in [5, 5.41) is 7.63. The fourth-order valence-electron chi connectivity index (χ4n) is 5.14. The smallest absolute Gasteiger partial charge is 0.240 e. The highest BCUT2D eigenvalue weighted by atomic mass is 32.2. The van der Waals surface area contributed by atoms with Gasteiger partial charge in [0.25, 0.3) is 0 Å². The summed E-state index contributed by atoms with van der Waals surface area (Å²) in [6.45, 7) is 7.12. The monoisotopic (exact) mass is 566 g/mol. The third-order valence-electron chi connectivity index (χ3n) is 7.12. The van der Waals surface area contributed by atoms with Crippen molar-refractivity contribution in [3.8, 4) is 11.4 Å². The molecule has 2 unspecified atom stereocenters. The van der Waals surface area contributed by atoms with Crippen molar-refractivity contribution in [1.82, 2.24) is 15.1 Å². The molecule has 0 spiro atoms. The second-order valence-electron chi connectivity index (χ2n) is 11.1. The second-order valence-corrected chi connectivity index (χ2v) is 12.2.